The molecule has 0 N–H and O–H groups in total. The van der Waals surface area contributed by atoms with Crippen LogP contribution < -0.4 is 0 Å². The molecule has 2 nitrogen and oxygen atoms in total. The lowest BCUT2D eigenvalue weighted by Gasteiger charge is -2.13. The largest absolute Gasteiger partial charge is 0.468 e. The lowest BCUT2D eigenvalue weighted by atomic mass is 9.92. The maximum atomic E-state index is 12.0. The van der Waals surface area contributed by atoms with Crippen molar-refractivity contribution < 1.29 is 9.53 Å². The normalized spacial score (nSPS) is 15.1. The molecule has 0 radical (unpaired) electrons. The molecule has 2 aromatic rings. The molecular formula is C19H18O2. The first-order chi connectivity index (χ1) is 10.2. The maximum Gasteiger partial charge on any atom is 0.315 e. The second kappa shape index (κ2) is 5.57. The minimum Gasteiger partial charge on any atom is -0.468 e. The van der Waals surface area contributed by atoms with Gasteiger partial charge in [0.2, 0.25) is 0 Å². The maximum absolute atomic E-state index is 12.0. The van der Waals surface area contributed by atoms with Gasteiger partial charge >= 0.3 is 5.97 Å². The Labute approximate surface area is 125 Å². The number of hydrogen-bond donors (Lipinski definition) is 0. The second-order valence-corrected chi connectivity index (χ2v) is 5.44. The molecule has 0 saturated heterocycles. The molecule has 0 heterocycles. The van der Waals surface area contributed by atoms with Gasteiger partial charge in [0.15, 0.2) is 0 Å². The SMILES string of the molecule is COC(=O)C1(C=C(c2ccccc2)c2ccccc2)CC1. The highest BCUT2D eigenvalue weighted by Crippen LogP contribution is 2.50. The Balaban J connectivity index is 2.08. The first-order valence-corrected chi connectivity index (χ1v) is 7.17. The highest BCUT2D eigenvalue weighted by atomic mass is 16.5. The van der Waals surface area contributed by atoms with Gasteiger partial charge in [-0.05, 0) is 29.5 Å². The van der Waals surface area contributed by atoms with E-state index < -0.39 is 5.41 Å². The smallest absolute Gasteiger partial charge is 0.315 e. The Morgan fingerprint density at radius 2 is 1.43 bits per heavy atom. The fourth-order valence-corrected chi connectivity index (χ4v) is 2.59. The third-order valence-corrected chi connectivity index (χ3v) is 3.97. The van der Waals surface area contributed by atoms with Gasteiger partial charge in [-0.15, -0.1) is 0 Å². The molecule has 0 aromatic heterocycles. The van der Waals surface area contributed by atoms with Crippen LogP contribution in [0.15, 0.2) is 66.7 Å². The van der Waals surface area contributed by atoms with Crippen LogP contribution in [-0.2, 0) is 9.53 Å². The van der Waals surface area contributed by atoms with Gasteiger partial charge in [0.05, 0.1) is 12.5 Å². The highest BCUT2D eigenvalue weighted by molar-refractivity contribution is 5.89. The zero-order chi connectivity index (χ0) is 14.7. The number of hydrogen-bond acceptors (Lipinski definition) is 2. The minimum atomic E-state index is -0.435. The van der Waals surface area contributed by atoms with Crippen LogP contribution in [0, 0.1) is 5.41 Å². The number of methoxy groups -OCH3 is 1. The molecule has 2 heteroatoms. The predicted octanol–water partition coefficient (Wildman–Crippen LogP) is 4.07. The van der Waals surface area contributed by atoms with Crippen molar-refractivity contribution in [2.24, 2.45) is 5.41 Å². The van der Waals surface area contributed by atoms with Crippen LogP contribution in [0.4, 0.5) is 0 Å². The number of benzene rings is 2. The minimum absolute atomic E-state index is 0.133. The Morgan fingerprint density at radius 3 is 1.81 bits per heavy atom. The highest BCUT2D eigenvalue weighted by Gasteiger charge is 2.49. The van der Waals surface area contributed by atoms with Crippen LogP contribution in [0.5, 0.6) is 0 Å². The standard InChI is InChI=1S/C19H18O2/c1-21-18(20)19(12-13-19)14-17(15-8-4-2-5-9-15)16-10-6-3-7-11-16/h2-11,14H,12-13H2,1H3. The second-order valence-electron chi connectivity index (χ2n) is 5.44. The van der Waals surface area contributed by atoms with E-state index in [0.29, 0.717) is 0 Å². The Bertz CT molecular complexity index is 611. The third-order valence-electron chi connectivity index (χ3n) is 3.97. The molecular weight excluding hydrogens is 260 g/mol. The van der Waals surface area contributed by atoms with E-state index in [1.807, 2.05) is 36.4 Å². The lowest BCUT2D eigenvalue weighted by Crippen LogP contribution is -2.15. The van der Waals surface area contributed by atoms with E-state index >= 15 is 0 Å². The van der Waals surface area contributed by atoms with Gasteiger partial charge in [-0.1, -0.05) is 66.7 Å². The number of ether oxygens (including phenoxy) is 1. The molecule has 0 aliphatic heterocycles. The quantitative estimate of drug-likeness (QED) is 0.788. The van der Waals surface area contributed by atoms with Gasteiger partial charge in [0, 0.05) is 0 Å². The van der Waals surface area contributed by atoms with E-state index in [1.54, 1.807) is 0 Å². The summed E-state index contributed by atoms with van der Waals surface area (Å²) in [4.78, 5) is 12.0. The Morgan fingerprint density at radius 1 is 0.952 bits per heavy atom. The molecule has 0 bridgehead atoms. The molecule has 0 unspecified atom stereocenters. The third kappa shape index (κ3) is 2.75. The molecule has 106 valence electrons. The molecule has 1 fully saturated rings. The number of rotatable bonds is 4. The zero-order valence-electron chi connectivity index (χ0n) is 12.1. The molecule has 0 amide bonds. The van der Waals surface area contributed by atoms with E-state index in [9.17, 15) is 4.79 Å². The average molecular weight is 278 g/mol. The molecule has 1 saturated carbocycles. The van der Waals surface area contributed by atoms with Crippen molar-refractivity contribution >= 4 is 11.5 Å². The summed E-state index contributed by atoms with van der Waals surface area (Å²) in [5.74, 6) is -0.133. The number of carbonyl (C=O) groups is 1. The first-order valence-electron chi connectivity index (χ1n) is 7.17. The molecule has 1 aliphatic carbocycles. The Kier molecular flexibility index (Phi) is 3.61. The van der Waals surface area contributed by atoms with Gasteiger partial charge in [-0.25, -0.2) is 0 Å². The summed E-state index contributed by atoms with van der Waals surface area (Å²) in [6, 6.07) is 20.4. The van der Waals surface area contributed by atoms with Crippen molar-refractivity contribution in [2.75, 3.05) is 7.11 Å². The van der Waals surface area contributed by atoms with E-state index in [1.165, 1.54) is 7.11 Å². The van der Waals surface area contributed by atoms with Crippen LogP contribution >= 0.6 is 0 Å². The first kappa shape index (κ1) is 13.6. The summed E-state index contributed by atoms with van der Waals surface area (Å²) >= 11 is 0. The zero-order valence-corrected chi connectivity index (χ0v) is 12.1. The molecule has 0 atom stereocenters. The monoisotopic (exact) mass is 278 g/mol. The summed E-state index contributed by atoms with van der Waals surface area (Å²) in [5, 5.41) is 0. The summed E-state index contributed by atoms with van der Waals surface area (Å²) in [5.41, 5.74) is 2.91. The van der Waals surface area contributed by atoms with Gasteiger partial charge in [-0.3, -0.25) is 4.79 Å². The van der Waals surface area contributed by atoms with Gasteiger partial charge in [-0.2, -0.15) is 0 Å². The van der Waals surface area contributed by atoms with E-state index in [2.05, 4.69) is 30.3 Å². The molecule has 3 rings (SSSR count). The fraction of sp³-hybridized carbons (Fsp3) is 0.211. The summed E-state index contributed by atoms with van der Waals surface area (Å²) in [6.07, 6.45) is 3.81. The molecule has 21 heavy (non-hydrogen) atoms. The van der Waals surface area contributed by atoms with E-state index in [4.69, 9.17) is 4.74 Å². The van der Waals surface area contributed by atoms with Crippen LogP contribution in [0.2, 0.25) is 0 Å². The van der Waals surface area contributed by atoms with Crippen molar-refractivity contribution in [3.8, 4) is 0 Å². The summed E-state index contributed by atoms with van der Waals surface area (Å²) < 4.78 is 4.97. The van der Waals surface area contributed by atoms with Gasteiger partial charge in [0.1, 0.15) is 0 Å². The number of esters is 1. The van der Waals surface area contributed by atoms with Crippen molar-refractivity contribution in [1.29, 1.82) is 0 Å². The van der Waals surface area contributed by atoms with Crippen molar-refractivity contribution in [3.05, 3.63) is 77.9 Å². The van der Waals surface area contributed by atoms with Crippen molar-refractivity contribution in [2.45, 2.75) is 12.8 Å². The lowest BCUT2D eigenvalue weighted by molar-refractivity contribution is -0.145. The fourth-order valence-electron chi connectivity index (χ4n) is 2.59. The van der Waals surface area contributed by atoms with Crippen molar-refractivity contribution in [1.82, 2.24) is 0 Å². The average Bonchev–Trinajstić information content (AvgIpc) is 3.34. The van der Waals surface area contributed by atoms with Crippen LogP contribution in [0.1, 0.15) is 24.0 Å². The summed E-state index contributed by atoms with van der Waals surface area (Å²) in [6.45, 7) is 0. The summed E-state index contributed by atoms with van der Waals surface area (Å²) in [7, 11) is 1.46. The van der Waals surface area contributed by atoms with Crippen LogP contribution in [0.3, 0.4) is 0 Å². The predicted molar refractivity (Wildman–Crippen MR) is 83.6 cm³/mol. The topological polar surface area (TPSA) is 26.3 Å². The van der Waals surface area contributed by atoms with Gasteiger partial charge in [0.25, 0.3) is 0 Å². The molecule has 2 aromatic carbocycles. The van der Waals surface area contributed by atoms with Crippen LogP contribution in [-0.4, -0.2) is 13.1 Å². The molecule has 1 aliphatic rings. The van der Waals surface area contributed by atoms with Crippen LogP contribution in [0.25, 0.3) is 5.57 Å². The van der Waals surface area contributed by atoms with Crippen molar-refractivity contribution in [3.63, 3.8) is 0 Å². The van der Waals surface area contributed by atoms with Gasteiger partial charge < -0.3 is 4.74 Å². The van der Waals surface area contributed by atoms with E-state index in [0.717, 1.165) is 29.5 Å². The number of carbonyl (C=O) groups excluding carboxylic acids is 1. The Hall–Kier alpha value is -2.35. The molecule has 0 spiro atoms. The van der Waals surface area contributed by atoms with E-state index in [-0.39, 0.29) is 5.97 Å².